The first kappa shape index (κ1) is 19.6. The fraction of sp³-hybridized carbons (Fsp3) is 0.650. The Balaban J connectivity index is 1.71. The summed E-state index contributed by atoms with van der Waals surface area (Å²) in [7, 11) is 0. The van der Waals surface area contributed by atoms with E-state index in [0.717, 1.165) is 12.8 Å². The maximum atomic E-state index is 13.0. The number of hydrogen-bond acceptors (Lipinski definition) is 4. The van der Waals surface area contributed by atoms with E-state index < -0.39 is 0 Å². The minimum atomic E-state index is -0.232. The number of rotatable bonds is 6. The van der Waals surface area contributed by atoms with Crippen LogP contribution in [0.25, 0.3) is 0 Å². The minimum absolute atomic E-state index is 0.0606. The summed E-state index contributed by atoms with van der Waals surface area (Å²) < 4.78 is 0. The van der Waals surface area contributed by atoms with Gasteiger partial charge in [-0.05, 0) is 39.2 Å². The molecular formula is C20H30N4O3. The second-order valence-corrected chi connectivity index (χ2v) is 7.51. The number of hydrogen-bond donors (Lipinski definition) is 2. The third-order valence-corrected chi connectivity index (χ3v) is 5.87. The molecule has 1 aromatic heterocycles. The highest BCUT2D eigenvalue weighted by molar-refractivity contribution is 5.94. The predicted octanol–water partition coefficient (Wildman–Crippen LogP) is 1.36. The molecule has 0 bridgehead atoms. The zero-order chi connectivity index (χ0) is 19.4. The molecule has 1 saturated carbocycles. The lowest BCUT2D eigenvalue weighted by atomic mass is 10.1. The normalized spacial score (nSPS) is 23.5. The first-order valence-electron chi connectivity index (χ1n) is 10.1. The van der Waals surface area contributed by atoms with Gasteiger partial charge in [-0.15, -0.1) is 0 Å². The number of nitrogens with one attached hydrogen (secondary N) is 2. The molecule has 1 saturated heterocycles. The van der Waals surface area contributed by atoms with Crippen molar-refractivity contribution in [3.05, 3.63) is 34.2 Å². The number of amides is 2. The Morgan fingerprint density at radius 1 is 1.22 bits per heavy atom. The van der Waals surface area contributed by atoms with Crippen LogP contribution in [0.4, 0.5) is 0 Å². The number of aromatic nitrogens is 1. The smallest absolute Gasteiger partial charge is 0.253 e. The van der Waals surface area contributed by atoms with Gasteiger partial charge in [0.2, 0.25) is 11.5 Å². The number of carbonyl (C=O) groups is 2. The van der Waals surface area contributed by atoms with Crippen LogP contribution in [0.5, 0.6) is 0 Å². The predicted molar refractivity (Wildman–Crippen MR) is 104 cm³/mol. The van der Waals surface area contributed by atoms with Gasteiger partial charge >= 0.3 is 0 Å². The summed E-state index contributed by atoms with van der Waals surface area (Å²) in [6, 6.07) is 3.09. The van der Waals surface area contributed by atoms with E-state index in [2.05, 4.69) is 15.2 Å². The van der Waals surface area contributed by atoms with Gasteiger partial charge in [-0.2, -0.15) is 0 Å². The molecule has 2 aliphatic rings. The van der Waals surface area contributed by atoms with Crippen molar-refractivity contribution in [3.63, 3.8) is 0 Å². The van der Waals surface area contributed by atoms with E-state index in [9.17, 15) is 14.4 Å². The fourth-order valence-corrected chi connectivity index (χ4v) is 4.41. The zero-order valence-corrected chi connectivity index (χ0v) is 16.2. The van der Waals surface area contributed by atoms with Gasteiger partial charge in [0.05, 0.1) is 11.6 Å². The number of nitrogens with zero attached hydrogens (tertiary/aromatic N) is 2. The van der Waals surface area contributed by atoms with Crippen LogP contribution in [-0.4, -0.2) is 64.4 Å². The van der Waals surface area contributed by atoms with Crippen LogP contribution in [-0.2, 0) is 4.79 Å². The molecule has 0 spiro atoms. The summed E-state index contributed by atoms with van der Waals surface area (Å²) in [6.07, 6.45) is 6.75. The van der Waals surface area contributed by atoms with Gasteiger partial charge in [-0.25, -0.2) is 0 Å². The topological polar surface area (TPSA) is 85.5 Å². The van der Waals surface area contributed by atoms with Crippen LogP contribution in [0.2, 0.25) is 0 Å². The number of H-pyrrole nitrogens is 1. The molecule has 1 aliphatic heterocycles. The Hall–Kier alpha value is -2.15. The molecular weight excluding hydrogens is 344 g/mol. The quantitative estimate of drug-likeness (QED) is 0.787. The SMILES string of the molecule is CCN(CC)C(=O)[C@@H]1C[C@@H](NC(=O)c2ccc(=O)[nH]c2)CN1C1CCCC1. The van der Waals surface area contributed by atoms with Crippen LogP contribution >= 0.6 is 0 Å². The van der Waals surface area contributed by atoms with Crippen molar-refractivity contribution in [1.82, 2.24) is 20.1 Å². The third-order valence-electron chi connectivity index (χ3n) is 5.87. The number of likely N-dealkylation sites (tertiary alicyclic amines) is 1. The molecule has 0 unspecified atom stereocenters. The molecule has 7 heteroatoms. The van der Waals surface area contributed by atoms with Crippen molar-refractivity contribution in [2.75, 3.05) is 19.6 Å². The number of pyridine rings is 1. The van der Waals surface area contributed by atoms with Crippen molar-refractivity contribution < 1.29 is 9.59 Å². The van der Waals surface area contributed by atoms with Gasteiger partial charge < -0.3 is 15.2 Å². The maximum Gasteiger partial charge on any atom is 0.253 e. The van der Waals surface area contributed by atoms with Gasteiger partial charge in [-0.3, -0.25) is 19.3 Å². The van der Waals surface area contributed by atoms with E-state index in [4.69, 9.17) is 0 Å². The Morgan fingerprint density at radius 3 is 2.52 bits per heavy atom. The molecule has 7 nitrogen and oxygen atoms in total. The van der Waals surface area contributed by atoms with Gasteiger partial charge in [0.15, 0.2) is 0 Å². The summed E-state index contributed by atoms with van der Waals surface area (Å²) in [5.74, 6) is -0.0359. The highest BCUT2D eigenvalue weighted by atomic mass is 16.2. The van der Waals surface area contributed by atoms with Crippen LogP contribution in [0.3, 0.4) is 0 Å². The van der Waals surface area contributed by atoms with Crippen molar-refractivity contribution in [2.24, 2.45) is 0 Å². The monoisotopic (exact) mass is 374 g/mol. The molecule has 0 aromatic carbocycles. The molecule has 3 rings (SSSR count). The Labute approximate surface area is 160 Å². The van der Waals surface area contributed by atoms with Gasteiger partial charge in [0, 0.05) is 44.0 Å². The molecule has 27 heavy (non-hydrogen) atoms. The molecule has 2 amide bonds. The van der Waals surface area contributed by atoms with E-state index in [1.165, 1.54) is 31.2 Å². The second kappa shape index (κ2) is 8.69. The number of likely N-dealkylation sites (N-methyl/N-ethyl adjacent to an activating group) is 1. The number of carbonyl (C=O) groups excluding carboxylic acids is 2. The molecule has 2 N–H and O–H groups in total. The van der Waals surface area contributed by atoms with Crippen LogP contribution < -0.4 is 10.9 Å². The Kier molecular flexibility index (Phi) is 6.31. The standard InChI is InChI=1S/C20H30N4O3/c1-3-23(4-2)20(27)17-11-15(13-24(17)16-7-5-6-8-16)22-19(26)14-9-10-18(25)21-12-14/h9-10,12,15-17H,3-8,11,13H2,1-2H3,(H,21,25)(H,22,26)/t15-,17+/m1/s1. The summed E-state index contributed by atoms with van der Waals surface area (Å²) >= 11 is 0. The maximum absolute atomic E-state index is 13.0. The van der Waals surface area contributed by atoms with Crippen LogP contribution in [0, 0.1) is 0 Å². The summed E-state index contributed by atoms with van der Waals surface area (Å²) in [4.78, 5) is 43.5. The Bertz CT molecular complexity index is 702. The first-order valence-corrected chi connectivity index (χ1v) is 10.1. The molecule has 1 aromatic rings. The van der Waals surface area contributed by atoms with Crippen molar-refractivity contribution in [2.45, 2.75) is 64.1 Å². The summed E-state index contributed by atoms with van der Waals surface area (Å²) in [5, 5.41) is 3.05. The molecule has 1 aliphatic carbocycles. The van der Waals surface area contributed by atoms with Gasteiger partial charge in [0.25, 0.3) is 5.91 Å². The summed E-state index contributed by atoms with van der Waals surface area (Å²) in [6.45, 7) is 6.13. The fourth-order valence-electron chi connectivity index (χ4n) is 4.41. The molecule has 2 fully saturated rings. The summed E-state index contributed by atoms with van der Waals surface area (Å²) in [5.41, 5.74) is 0.199. The zero-order valence-electron chi connectivity index (χ0n) is 16.2. The minimum Gasteiger partial charge on any atom is -0.348 e. The van der Waals surface area contributed by atoms with Crippen LogP contribution in [0.1, 0.15) is 56.3 Å². The van der Waals surface area contributed by atoms with E-state index in [0.29, 0.717) is 37.7 Å². The third kappa shape index (κ3) is 4.40. The van der Waals surface area contributed by atoms with E-state index in [-0.39, 0.29) is 29.5 Å². The lowest BCUT2D eigenvalue weighted by molar-refractivity contribution is -0.136. The highest BCUT2D eigenvalue weighted by Crippen LogP contribution is 2.31. The molecule has 0 radical (unpaired) electrons. The first-order chi connectivity index (χ1) is 13.0. The van der Waals surface area contributed by atoms with Crippen molar-refractivity contribution >= 4 is 11.8 Å². The van der Waals surface area contributed by atoms with Crippen molar-refractivity contribution in [1.29, 1.82) is 0 Å². The second-order valence-electron chi connectivity index (χ2n) is 7.51. The molecule has 2 atom stereocenters. The Morgan fingerprint density at radius 2 is 1.93 bits per heavy atom. The van der Waals surface area contributed by atoms with Gasteiger partial charge in [-0.1, -0.05) is 12.8 Å². The lowest BCUT2D eigenvalue weighted by Crippen LogP contribution is -2.48. The van der Waals surface area contributed by atoms with Gasteiger partial charge in [0.1, 0.15) is 0 Å². The average molecular weight is 374 g/mol. The molecule has 148 valence electrons. The lowest BCUT2D eigenvalue weighted by Gasteiger charge is -2.32. The van der Waals surface area contributed by atoms with E-state index in [1.807, 2.05) is 18.7 Å². The van der Waals surface area contributed by atoms with Crippen molar-refractivity contribution in [3.8, 4) is 0 Å². The largest absolute Gasteiger partial charge is 0.348 e. The van der Waals surface area contributed by atoms with E-state index in [1.54, 1.807) is 0 Å². The number of aromatic amines is 1. The van der Waals surface area contributed by atoms with Crippen LogP contribution in [0.15, 0.2) is 23.1 Å². The highest BCUT2D eigenvalue weighted by Gasteiger charge is 2.42. The van der Waals surface area contributed by atoms with E-state index >= 15 is 0 Å². The molecule has 2 heterocycles. The average Bonchev–Trinajstić information content (AvgIpc) is 3.32.